The molecule has 2 aliphatic rings. The molecule has 2 atom stereocenters. The van der Waals surface area contributed by atoms with Crippen molar-refractivity contribution in [2.24, 2.45) is 11.8 Å². The van der Waals surface area contributed by atoms with Crippen LogP contribution >= 0.6 is 0 Å². The van der Waals surface area contributed by atoms with Gasteiger partial charge >= 0.3 is 0 Å². The minimum atomic E-state index is -0.693. The second-order valence-electron chi connectivity index (χ2n) is 10.3. The first-order chi connectivity index (χ1) is 19.2. The third-order valence-corrected chi connectivity index (χ3v) is 7.04. The highest BCUT2D eigenvalue weighted by atomic mass is 16.5. The SMILES string of the molecule is CC(C)[C@@H]1NC(=O)[C@@H](C)NC(=O)CCCN(C(=O)C2CCOCC2)CCn2nc(-c3ccccc3)nc21.O=CO. The molecule has 0 saturated carbocycles. The average Bonchev–Trinajstić information content (AvgIpc) is 3.37. The zero-order valence-corrected chi connectivity index (χ0v) is 23.4. The number of benzene rings is 1. The van der Waals surface area contributed by atoms with Crippen molar-refractivity contribution in [3.05, 3.63) is 36.2 Å². The number of carbonyl (C=O) groups is 4. The topological polar surface area (TPSA) is 156 Å². The summed E-state index contributed by atoms with van der Waals surface area (Å²) in [4.78, 5) is 54.0. The molecule has 0 spiro atoms. The minimum absolute atomic E-state index is 0.0197. The number of carboxylic acid groups (broad SMARTS) is 1. The third kappa shape index (κ3) is 8.35. The van der Waals surface area contributed by atoms with Crippen LogP contribution in [0.25, 0.3) is 11.4 Å². The van der Waals surface area contributed by atoms with Gasteiger partial charge in [-0.15, -0.1) is 0 Å². The summed E-state index contributed by atoms with van der Waals surface area (Å²) in [5.41, 5.74) is 0.880. The maximum atomic E-state index is 13.4. The molecule has 2 aromatic rings. The number of nitrogens with one attached hydrogen (secondary N) is 2. The molecule has 12 nitrogen and oxygen atoms in total. The Hall–Kier alpha value is -3.80. The predicted octanol–water partition coefficient (Wildman–Crippen LogP) is 2.01. The van der Waals surface area contributed by atoms with Crippen LogP contribution in [-0.4, -0.2) is 81.3 Å². The number of carbonyl (C=O) groups excluding carboxylic acids is 3. The van der Waals surface area contributed by atoms with Gasteiger partial charge in [0.25, 0.3) is 6.47 Å². The van der Waals surface area contributed by atoms with E-state index in [1.54, 1.807) is 6.92 Å². The highest BCUT2D eigenvalue weighted by Gasteiger charge is 2.30. The lowest BCUT2D eigenvalue weighted by molar-refractivity contribution is -0.139. The molecule has 3 N–H and O–H groups in total. The van der Waals surface area contributed by atoms with E-state index in [1.807, 2.05) is 53.8 Å². The molecule has 1 fully saturated rings. The molecule has 40 heavy (non-hydrogen) atoms. The second kappa shape index (κ2) is 15.1. The van der Waals surface area contributed by atoms with E-state index >= 15 is 0 Å². The summed E-state index contributed by atoms with van der Waals surface area (Å²) in [6.07, 6.45) is 2.18. The summed E-state index contributed by atoms with van der Waals surface area (Å²) in [6.45, 7) is 7.98. The summed E-state index contributed by atoms with van der Waals surface area (Å²) < 4.78 is 7.28. The first-order valence-electron chi connectivity index (χ1n) is 13.8. The Morgan fingerprint density at radius 3 is 2.42 bits per heavy atom. The van der Waals surface area contributed by atoms with Gasteiger partial charge in [-0.1, -0.05) is 44.2 Å². The van der Waals surface area contributed by atoms with Crippen molar-refractivity contribution >= 4 is 24.2 Å². The van der Waals surface area contributed by atoms with E-state index in [9.17, 15) is 14.4 Å². The van der Waals surface area contributed by atoms with Gasteiger partial charge in [0.2, 0.25) is 17.7 Å². The number of hydrogen-bond acceptors (Lipinski definition) is 7. The zero-order chi connectivity index (χ0) is 29.1. The molecular weight excluding hydrogens is 516 g/mol. The molecule has 4 rings (SSSR count). The molecule has 0 aliphatic carbocycles. The summed E-state index contributed by atoms with van der Waals surface area (Å²) >= 11 is 0. The number of aromatic nitrogens is 3. The van der Waals surface area contributed by atoms with E-state index in [4.69, 9.17) is 24.7 Å². The average molecular weight is 557 g/mol. The summed E-state index contributed by atoms with van der Waals surface area (Å²) in [6, 6.07) is 8.61. The standard InChI is InChI=1S/C27H38N6O4.CH2O2/c1-18(2)23-25-30-24(20-8-5-4-6-9-20)31-33(25)15-14-32(27(36)21-11-16-37-17-12-21)13-7-10-22(34)28-19(3)26(35)29-23;2-1-3/h4-6,8-9,18-19,21,23H,7,10-17H2,1-3H3,(H,28,34)(H,29,35);1H,(H,2,3)/t19-,23+;/m1./s1. The largest absolute Gasteiger partial charge is 0.483 e. The molecule has 218 valence electrons. The van der Waals surface area contributed by atoms with Crippen LogP contribution in [0.15, 0.2) is 30.3 Å². The highest BCUT2D eigenvalue weighted by molar-refractivity contribution is 5.87. The zero-order valence-electron chi connectivity index (χ0n) is 23.4. The summed E-state index contributed by atoms with van der Waals surface area (Å²) in [5.74, 6) is 0.790. The first kappa shape index (κ1) is 30.7. The quantitative estimate of drug-likeness (QED) is 0.485. The Balaban J connectivity index is 0.00000141. The Labute approximate surface area is 234 Å². The smallest absolute Gasteiger partial charge is 0.290 e. The van der Waals surface area contributed by atoms with Crippen LogP contribution in [0.4, 0.5) is 0 Å². The Morgan fingerprint density at radius 2 is 1.77 bits per heavy atom. The van der Waals surface area contributed by atoms with E-state index in [-0.39, 0.29) is 42.5 Å². The number of ether oxygens (including phenoxy) is 1. The molecule has 12 heteroatoms. The molecule has 3 heterocycles. The lowest BCUT2D eigenvalue weighted by atomic mass is 9.98. The fourth-order valence-corrected chi connectivity index (χ4v) is 4.83. The van der Waals surface area contributed by atoms with Crippen molar-refractivity contribution in [3.8, 4) is 11.4 Å². The molecule has 2 aliphatic heterocycles. The molecular formula is C28H40N6O6. The number of nitrogens with zero attached hydrogens (tertiary/aromatic N) is 4. The van der Waals surface area contributed by atoms with Crippen LogP contribution in [0.2, 0.25) is 0 Å². The molecule has 0 radical (unpaired) electrons. The normalized spacial score (nSPS) is 21.2. The van der Waals surface area contributed by atoms with Gasteiger partial charge in [0.1, 0.15) is 6.04 Å². The lowest BCUT2D eigenvalue weighted by Crippen LogP contribution is -2.48. The fraction of sp³-hybridized carbons (Fsp3) is 0.571. The van der Waals surface area contributed by atoms with Crippen molar-refractivity contribution in [1.29, 1.82) is 0 Å². The Bertz CT molecular complexity index is 1130. The van der Waals surface area contributed by atoms with Gasteiger partial charge in [-0.2, -0.15) is 5.10 Å². The van der Waals surface area contributed by atoms with Gasteiger partial charge in [0.15, 0.2) is 11.6 Å². The van der Waals surface area contributed by atoms with Gasteiger partial charge < -0.3 is 25.4 Å². The van der Waals surface area contributed by atoms with Gasteiger partial charge in [-0.3, -0.25) is 19.2 Å². The first-order valence-corrected chi connectivity index (χ1v) is 13.8. The summed E-state index contributed by atoms with van der Waals surface area (Å²) in [7, 11) is 0. The van der Waals surface area contributed by atoms with Crippen LogP contribution in [-0.2, 0) is 30.5 Å². The highest BCUT2D eigenvalue weighted by Crippen LogP contribution is 2.25. The van der Waals surface area contributed by atoms with Gasteiger partial charge in [0, 0.05) is 44.2 Å². The lowest BCUT2D eigenvalue weighted by Gasteiger charge is -2.30. The number of fused-ring (bicyclic) bond motifs is 1. The number of rotatable bonds is 3. The maximum absolute atomic E-state index is 13.4. The second-order valence-corrected chi connectivity index (χ2v) is 10.3. The van der Waals surface area contributed by atoms with Crippen LogP contribution < -0.4 is 10.6 Å². The molecule has 0 bridgehead atoms. The predicted molar refractivity (Wildman–Crippen MR) is 147 cm³/mol. The van der Waals surface area contributed by atoms with E-state index in [0.717, 1.165) is 5.56 Å². The van der Waals surface area contributed by atoms with Crippen molar-refractivity contribution < 1.29 is 29.0 Å². The third-order valence-electron chi connectivity index (χ3n) is 7.04. The molecule has 1 saturated heterocycles. The van der Waals surface area contributed by atoms with Crippen LogP contribution in [0.3, 0.4) is 0 Å². The van der Waals surface area contributed by atoms with Crippen molar-refractivity contribution in [3.63, 3.8) is 0 Å². The van der Waals surface area contributed by atoms with Gasteiger partial charge in [-0.25, -0.2) is 9.67 Å². The molecule has 1 aromatic heterocycles. The molecule has 3 amide bonds. The van der Waals surface area contributed by atoms with Gasteiger partial charge in [-0.05, 0) is 32.1 Å². The molecule has 0 unspecified atom stereocenters. The fourth-order valence-electron chi connectivity index (χ4n) is 4.83. The van der Waals surface area contributed by atoms with E-state index in [0.29, 0.717) is 63.8 Å². The number of hydrogen-bond donors (Lipinski definition) is 3. The van der Waals surface area contributed by atoms with Crippen LogP contribution in [0, 0.1) is 11.8 Å². The van der Waals surface area contributed by atoms with E-state index in [2.05, 4.69) is 10.6 Å². The summed E-state index contributed by atoms with van der Waals surface area (Å²) in [5, 5.41) is 17.6. The minimum Gasteiger partial charge on any atom is -0.483 e. The van der Waals surface area contributed by atoms with Crippen LogP contribution in [0.5, 0.6) is 0 Å². The number of amides is 3. The Morgan fingerprint density at radius 1 is 1.10 bits per heavy atom. The van der Waals surface area contributed by atoms with Crippen molar-refractivity contribution in [1.82, 2.24) is 30.3 Å². The van der Waals surface area contributed by atoms with Crippen molar-refractivity contribution in [2.45, 2.75) is 65.1 Å². The van der Waals surface area contributed by atoms with Gasteiger partial charge in [0.05, 0.1) is 12.6 Å². The van der Waals surface area contributed by atoms with E-state index in [1.165, 1.54) is 0 Å². The monoisotopic (exact) mass is 556 g/mol. The Kier molecular flexibility index (Phi) is 11.6. The van der Waals surface area contributed by atoms with Crippen LogP contribution in [0.1, 0.15) is 58.3 Å². The van der Waals surface area contributed by atoms with E-state index < -0.39 is 12.1 Å². The molecule has 1 aromatic carbocycles. The van der Waals surface area contributed by atoms with Crippen molar-refractivity contribution in [2.75, 3.05) is 26.3 Å². The maximum Gasteiger partial charge on any atom is 0.290 e.